The van der Waals surface area contributed by atoms with Crippen molar-refractivity contribution < 1.29 is 23.4 Å². The molecule has 2 aromatic rings. The van der Waals surface area contributed by atoms with Gasteiger partial charge >= 0.3 is 5.97 Å². The van der Waals surface area contributed by atoms with Gasteiger partial charge in [0.1, 0.15) is 12.5 Å². The fourth-order valence-electron chi connectivity index (χ4n) is 1.67. The lowest BCUT2D eigenvalue weighted by Crippen LogP contribution is -2.08. The summed E-state index contributed by atoms with van der Waals surface area (Å²) in [7, 11) is -2.53. The Morgan fingerprint density at radius 1 is 1.04 bits per heavy atom. The van der Waals surface area contributed by atoms with E-state index in [-0.39, 0.29) is 6.61 Å². The van der Waals surface area contributed by atoms with Crippen LogP contribution in [0.3, 0.4) is 0 Å². The van der Waals surface area contributed by atoms with Crippen LogP contribution in [0.5, 0.6) is 5.75 Å². The number of carbonyl (C=O) groups excluding carboxylic acids is 2. The lowest BCUT2D eigenvalue weighted by atomic mass is 10.2. The number of rotatable bonds is 5. The molecule has 23 heavy (non-hydrogen) atoms. The first-order valence-electron chi connectivity index (χ1n) is 6.78. The van der Waals surface area contributed by atoms with Crippen molar-refractivity contribution in [2.24, 2.45) is 0 Å². The molecular weight excluding hydrogens is 315 g/mol. The van der Waals surface area contributed by atoms with E-state index in [9.17, 15) is 9.36 Å². The van der Waals surface area contributed by atoms with E-state index in [1.54, 1.807) is 55.8 Å². The number of benzene rings is 2. The summed E-state index contributed by atoms with van der Waals surface area (Å²) < 4.78 is 22.1. The number of hydrogen-bond acceptors (Lipinski definition) is 5. The highest BCUT2D eigenvalue weighted by molar-refractivity contribution is 7.57. The van der Waals surface area contributed by atoms with Crippen molar-refractivity contribution in [1.82, 2.24) is 0 Å². The average Bonchev–Trinajstić information content (AvgIpc) is 2.55. The molecule has 0 heterocycles. The minimum absolute atomic E-state index is 0.223. The van der Waals surface area contributed by atoms with E-state index < -0.39 is 13.3 Å². The number of esters is 1. The molecule has 0 bridgehead atoms. The molecule has 0 unspecified atom stereocenters. The molecule has 0 saturated carbocycles. The first kappa shape index (κ1) is 18.8. The normalized spacial score (nSPS) is 10.3. The van der Waals surface area contributed by atoms with E-state index in [2.05, 4.69) is 0 Å². The maximum Gasteiger partial charge on any atom is 0.343 e. The number of ether oxygens (including phenoxy) is 1. The predicted octanol–water partition coefficient (Wildman–Crippen LogP) is 3.78. The fourth-order valence-corrected chi connectivity index (χ4v) is 2.13. The summed E-state index contributed by atoms with van der Waals surface area (Å²) in [6, 6.07) is 15.8. The Bertz CT molecular complexity index is 678. The maximum absolute atomic E-state index is 11.9. The minimum Gasteiger partial charge on any atom is -0.423 e. The zero-order valence-electron chi connectivity index (χ0n) is 13.1. The van der Waals surface area contributed by atoms with Gasteiger partial charge in [-0.05, 0) is 29.8 Å². The first-order chi connectivity index (χ1) is 10.9. The minimum atomic E-state index is -2.53. The molecule has 0 radical (unpaired) electrons. The molecule has 122 valence electrons. The van der Waals surface area contributed by atoms with Gasteiger partial charge in [-0.1, -0.05) is 30.3 Å². The fraction of sp³-hybridized carbons (Fsp3) is 0.176. The third-order valence-electron chi connectivity index (χ3n) is 2.66. The van der Waals surface area contributed by atoms with Crippen LogP contribution in [0.25, 0.3) is 0 Å². The molecule has 5 nitrogen and oxygen atoms in total. The molecule has 0 fully saturated rings. The van der Waals surface area contributed by atoms with Gasteiger partial charge in [-0.25, -0.2) is 4.79 Å². The third-order valence-corrected chi connectivity index (χ3v) is 3.41. The van der Waals surface area contributed by atoms with Crippen molar-refractivity contribution in [1.29, 1.82) is 0 Å². The summed E-state index contributed by atoms with van der Waals surface area (Å²) in [5, 5.41) is 0. The van der Waals surface area contributed by atoms with Crippen LogP contribution >= 0.6 is 7.37 Å². The van der Waals surface area contributed by atoms with Crippen molar-refractivity contribution in [2.45, 2.75) is 6.61 Å². The van der Waals surface area contributed by atoms with Crippen LogP contribution in [-0.2, 0) is 20.5 Å². The quantitative estimate of drug-likeness (QED) is 0.473. The van der Waals surface area contributed by atoms with Gasteiger partial charge in [0.25, 0.3) is 0 Å². The Labute approximate surface area is 135 Å². The smallest absolute Gasteiger partial charge is 0.343 e. The molecule has 6 heteroatoms. The molecule has 2 aromatic carbocycles. The predicted molar refractivity (Wildman–Crippen MR) is 89.2 cm³/mol. The van der Waals surface area contributed by atoms with Crippen molar-refractivity contribution in [2.75, 3.05) is 13.3 Å². The zero-order valence-corrected chi connectivity index (χ0v) is 14.0. The summed E-state index contributed by atoms with van der Waals surface area (Å²) in [5.74, 6) is 0.0253. The monoisotopic (exact) mass is 334 g/mol. The van der Waals surface area contributed by atoms with Gasteiger partial charge in [0.2, 0.25) is 0 Å². The second-order valence-electron chi connectivity index (χ2n) is 4.93. The molecule has 2 rings (SSSR count). The molecule has 0 atom stereocenters. The van der Waals surface area contributed by atoms with Gasteiger partial charge in [0.05, 0.1) is 12.2 Å². The van der Waals surface area contributed by atoms with Crippen LogP contribution in [0.2, 0.25) is 0 Å². The van der Waals surface area contributed by atoms with Gasteiger partial charge in [0, 0.05) is 13.3 Å². The number of hydrogen-bond donors (Lipinski definition) is 0. The van der Waals surface area contributed by atoms with E-state index in [0.29, 0.717) is 11.3 Å². The second-order valence-corrected chi connectivity index (χ2v) is 7.69. The van der Waals surface area contributed by atoms with Crippen LogP contribution in [-0.4, -0.2) is 26.1 Å². The Morgan fingerprint density at radius 3 is 2.30 bits per heavy atom. The Morgan fingerprint density at radius 2 is 1.70 bits per heavy atom. The van der Waals surface area contributed by atoms with E-state index in [4.69, 9.17) is 14.1 Å². The van der Waals surface area contributed by atoms with Crippen LogP contribution in [0.4, 0.5) is 0 Å². The molecule has 0 aliphatic carbocycles. The topological polar surface area (TPSA) is 69.7 Å². The standard InChI is InChI=1S/C16H17O4P.CH2O/c1-21(2,18)19-12-13-7-6-10-15(11-13)20-16(17)14-8-4-3-5-9-14;1-2/h3-11H,12H2,1-2H3;1H2. The van der Waals surface area contributed by atoms with E-state index in [0.717, 1.165) is 5.56 Å². The maximum atomic E-state index is 11.9. The van der Waals surface area contributed by atoms with Crippen LogP contribution in [0.15, 0.2) is 54.6 Å². The molecular formula is C17H19O5P. The van der Waals surface area contributed by atoms with Crippen LogP contribution < -0.4 is 4.74 Å². The summed E-state index contributed by atoms with van der Waals surface area (Å²) in [4.78, 5) is 19.9. The summed E-state index contributed by atoms with van der Waals surface area (Å²) >= 11 is 0. The molecule has 0 saturated heterocycles. The molecule has 0 aliphatic heterocycles. The summed E-state index contributed by atoms with van der Waals surface area (Å²) in [6.45, 7) is 5.35. The zero-order chi connectivity index (χ0) is 17.3. The summed E-state index contributed by atoms with van der Waals surface area (Å²) in [5.41, 5.74) is 1.29. The second kappa shape index (κ2) is 9.03. The third kappa shape index (κ3) is 7.04. The SMILES string of the molecule is C=O.CP(C)(=O)OCc1cccc(OC(=O)c2ccccc2)c1. The highest BCUT2D eigenvalue weighted by atomic mass is 31.2. The van der Waals surface area contributed by atoms with Gasteiger partial charge in [-0.15, -0.1) is 0 Å². The molecule has 0 N–H and O–H groups in total. The van der Waals surface area contributed by atoms with E-state index >= 15 is 0 Å². The van der Waals surface area contributed by atoms with E-state index in [1.165, 1.54) is 0 Å². The van der Waals surface area contributed by atoms with Crippen LogP contribution in [0.1, 0.15) is 15.9 Å². The Kier molecular flexibility index (Phi) is 7.39. The van der Waals surface area contributed by atoms with Crippen molar-refractivity contribution in [3.63, 3.8) is 0 Å². The molecule has 0 spiro atoms. The molecule has 0 aliphatic rings. The van der Waals surface area contributed by atoms with Crippen molar-refractivity contribution in [3.8, 4) is 5.75 Å². The number of carbonyl (C=O) groups is 2. The average molecular weight is 334 g/mol. The van der Waals surface area contributed by atoms with Gasteiger partial charge in [-0.2, -0.15) is 0 Å². The Hall–Kier alpha value is -2.23. The highest BCUT2D eigenvalue weighted by Gasteiger charge is 2.10. The van der Waals surface area contributed by atoms with Gasteiger partial charge < -0.3 is 14.1 Å². The van der Waals surface area contributed by atoms with Gasteiger partial charge in [-0.3, -0.25) is 4.57 Å². The molecule has 0 aromatic heterocycles. The largest absolute Gasteiger partial charge is 0.423 e. The first-order valence-corrected chi connectivity index (χ1v) is 9.30. The lowest BCUT2D eigenvalue weighted by molar-refractivity contribution is -0.0980. The van der Waals surface area contributed by atoms with Gasteiger partial charge in [0.15, 0.2) is 7.37 Å². The Balaban J connectivity index is 0.00000127. The molecule has 0 amide bonds. The van der Waals surface area contributed by atoms with Crippen molar-refractivity contribution in [3.05, 3.63) is 65.7 Å². The van der Waals surface area contributed by atoms with Crippen LogP contribution in [0, 0.1) is 0 Å². The van der Waals surface area contributed by atoms with Crippen molar-refractivity contribution >= 4 is 20.1 Å². The highest BCUT2D eigenvalue weighted by Crippen LogP contribution is 2.38. The van der Waals surface area contributed by atoms with E-state index in [1.807, 2.05) is 18.9 Å². The lowest BCUT2D eigenvalue weighted by Gasteiger charge is -2.09. The summed E-state index contributed by atoms with van der Waals surface area (Å²) in [6.07, 6.45) is 0.